The van der Waals surface area contributed by atoms with Gasteiger partial charge in [-0.3, -0.25) is 14.5 Å². The van der Waals surface area contributed by atoms with E-state index in [2.05, 4.69) is 47.4 Å². The summed E-state index contributed by atoms with van der Waals surface area (Å²) in [5.74, 6) is 0.916. The molecular formula is C22H21N9. The molecule has 5 heterocycles. The molecule has 1 unspecified atom stereocenters. The molecule has 0 amide bonds. The van der Waals surface area contributed by atoms with Crippen LogP contribution in [0, 0.1) is 0 Å². The molecule has 6 rings (SSSR count). The summed E-state index contributed by atoms with van der Waals surface area (Å²) in [5.41, 5.74) is 4.78. The van der Waals surface area contributed by atoms with E-state index in [-0.39, 0.29) is 0 Å². The van der Waals surface area contributed by atoms with E-state index in [0.29, 0.717) is 6.04 Å². The van der Waals surface area contributed by atoms with Gasteiger partial charge in [-0.2, -0.15) is 15.3 Å². The van der Waals surface area contributed by atoms with Crippen molar-refractivity contribution in [3.05, 3.63) is 61.4 Å². The van der Waals surface area contributed by atoms with Crippen molar-refractivity contribution in [2.24, 2.45) is 7.05 Å². The minimum Gasteiger partial charge on any atom is -0.354 e. The molecule has 1 fully saturated rings. The third kappa shape index (κ3) is 3.14. The number of fused-ring (bicyclic) bond motifs is 1. The zero-order valence-corrected chi connectivity index (χ0v) is 17.0. The first-order chi connectivity index (χ1) is 15.2. The van der Waals surface area contributed by atoms with Crippen molar-refractivity contribution < 1.29 is 0 Å². The lowest BCUT2D eigenvalue weighted by Gasteiger charge is -2.17. The highest BCUT2D eigenvalue weighted by molar-refractivity contribution is 5.95. The SMILES string of the molecule is Cn1cc(-c2ccc3[nH]nc(-c4cc(N5CCC(n6cccn6)C5)ncn4)c3c2)cn1. The third-order valence-electron chi connectivity index (χ3n) is 5.88. The topological polar surface area (TPSA) is 93.3 Å². The smallest absolute Gasteiger partial charge is 0.132 e. The Balaban J connectivity index is 1.33. The van der Waals surface area contributed by atoms with Crippen molar-refractivity contribution in [2.45, 2.75) is 12.5 Å². The molecule has 31 heavy (non-hydrogen) atoms. The second kappa shape index (κ2) is 7.05. The third-order valence-corrected chi connectivity index (χ3v) is 5.88. The van der Waals surface area contributed by atoms with E-state index in [0.717, 1.165) is 58.7 Å². The number of aryl methyl sites for hydroxylation is 1. The van der Waals surface area contributed by atoms with Crippen LogP contribution in [0.1, 0.15) is 12.5 Å². The van der Waals surface area contributed by atoms with Gasteiger partial charge >= 0.3 is 0 Å². The van der Waals surface area contributed by atoms with Crippen molar-refractivity contribution >= 4 is 16.7 Å². The highest BCUT2D eigenvalue weighted by atomic mass is 15.3. The summed E-state index contributed by atoms with van der Waals surface area (Å²) < 4.78 is 3.84. The highest BCUT2D eigenvalue weighted by Gasteiger charge is 2.25. The Morgan fingerprint density at radius 2 is 2.06 bits per heavy atom. The fourth-order valence-corrected chi connectivity index (χ4v) is 4.27. The predicted molar refractivity (Wildman–Crippen MR) is 117 cm³/mol. The van der Waals surface area contributed by atoms with Crippen LogP contribution < -0.4 is 4.90 Å². The average molecular weight is 411 g/mol. The van der Waals surface area contributed by atoms with Gasteiger partial charge in [0.2, 0.25) is 0 Å². The first kappa shape index (κ1) is 17.8. The van der Waals surface area contributed by atoms with Gasteiger partial charge in [-0.1, -0.05) is 6.07 Å². The van der Waals surface area contributed by atoms with Gasteiger partial charge < -0.3 is 4.90 Å². The fourth-order valence-electron chi connectivity index (χ4n) is 4.27. The van der Waals surface area contributed by atoms with Crippen LogP contribution >= 0.6 is 0 Å². The molecule has 5 aromatic rings. The van der Waals surface area contributed by atoms with E-state index >= 15 is 0 Å². The minimum absolute atomic E-state index is 0.363. The zero-order chi connectivity index (χ0) is 20.8. The number of aromatic amines is 1. The monoisotopic (exact) mass is 411 g/mol. The van der Waals surface area contributed by atoms with E-state index in [1.807, 2.05) is 54.7 Å². The number of anilines is 1. The summed E-state index contributed by atoms with van der Waals surface area (Å²) in [6.07, 6.45) is 10.4. The van der Waals surface area contributed by atoms with E-state index in [1.165, 1.54) is 0 Å². The Morgan fingerprint density at radius 3 is 2.90 bits per heavy atom. The number of H-pyrrole nitrogens is 1. The molecule has 1 atom stereocenters. The Kier molecular flexibility index (Phi) is 4.05. The first-order valence-corrected chi connectivity index (χ1v) is 10.3. The van der Waals surface area contributed by atoms with Gasteiger partial charge in [0.25, 0.3) is 0 Å². The van der Waals surface area contributed by atoms with Crippen LogP contribution in [0.5, 0.6) is 0 Å². The van der Waals surface area contributed by atoms with Crippen molar-refractivity contribution in [2.75, 3.05) is 18.0 Å². The quantitative estimate of drug-likeness (QED) is 0.489. The molecule has 1 saturated heterocycles. The van der Waals surface area contributed by atoms with E-state index < -0.39 is 0 Å². The lowest BCUT2D eigenvalue weighted by molar-refractivity contribution is 0.494. The second-order valence-corrected chi connectivity index (χ2v) is 7.87. The first-order valence-electron chi connectivity index (χ1n) is 10.3. The molecule has 1 aromatic carbocycles. The van der Waals surface area contributed by atoms with Crippen LogP contribution in [0.4, 0.5) is 5.82 Å². The molecule has 9 nitrogen and oxygen atoms in total. The van der Waals surface area contributed by atoms with Crippen LogP contribution in [-0.2, 0) is 7.05 Å². The number of aromatic nitrogens is 8. The Hall–Kier alpha value is -4.01. The Labute approximate surface area is 178 Å². The molecular weight excluding hydrogens is 390 g/mol. The maximum absolute atomic E-state index is 4.56. The largest absolute Gasteiger partial charge is 0.354 e. The van der Waals surface area contributed by atoms with Gasteiger partial charge in [-0.15, -0.1) is 0 Å². The Morgan fingerprint density at radius 1 is 1.10 bits per heavy atom. The zero-order valence-electron chi connectivity index (χ0n) is 17.0. The van der Waals surface area contributed by atoms with E-state index in [9.17, 15) is 0 Å². The van der Waals surface area contributed by atoms with Crippen LogP contribution in [0.15, 0.2) is 61.4 Å². The van der Waals surface area contributed by atoms with Crippen molar-refractivity contribution in [3.63, 3.8) is 0 Å². The van der Waals surface area contributed by atoms with Gasteiger partial charge in [-0.25, -0.2) is 9.97 Å². The maximum Gasteiger partial charge on any atom is 0.132 e. The summed E-state index contributed by atoms with van der Waals surface area (Å²) >= 11 is 0. The summed E-state index contributed by atoms with van der Waals surface area (Å²) in [6, 6.07) is 10.6. The molecule has 0 spiro atoms. The van der Waals surface area contributed by atoms with Gasteiger partial charge in [0.05, 0.1) is 23.4 Å². The van der Waals surface area contributed by atoms with Crippen LogP contribution in [0.2, 0.25) is 0 Å². The second-order valence-electron chi connectivity index (χ2n) is 7.87. The Bertz CT molecular complexity index is 1350. The minimum atomic E-state index is 0.363. The highest BCUT2D eigenvalue weighted by Crippen LogP contribution is 2.31. The van der Waals surface area contributed by atoms with Crippen molar-refractivity contribution in [1.82, 2.24) is 39.7 Å². The van der Waals surface area contributed by atoms with Gasteiger partial charge in [0.1, 0.15) is 17.8 Å². The van der Waals surface area contributed by atoms with Crippen LogP contribution in [-0.4, -0.2) is 52.8 Å². The summed E-state index contributed by atoms with van der Waals surface area (Å²) in [6.45, 7) is 1.82. The number of nitrogens with one attached hydrogen (secondary N) is 1. The van der Waals surface area contributed by atoms with Crippen LogP contribution in [0.25, 0.3) is 33.4 Å². The van der Waals surface area contributed by atoms with Gasteiger partial charge in [0, 0.05) is 55.7 Å². The molecule has 0 aliphatic carbocycles. The normalized spacial score (nSPS) is 16.4. The fraction of sp³-hybridized carbons (Fsp3) is 0.227. The number of benzene rings is 1. The number of nitrogens with zero attached hydrogens (tertiary/aromatic N) is 8. The molecule has 1 aliphatic rings. The summed E-state index contributed by atoms with van der Waals surface area (Å²) in [7, 11) is 1.92. The molecule has 4 aromatic heterocycles. The van der Waals surface area contributed by atoms with Crippen LogP contribution in [0.3, 0.4) is 0 Å². The number of hydrogen-bond acceptors (Lipinski definition) is 6. The standard InChI is InChI=1S/C22H21N9/c1-29-12-16(11-26-29)15-3-4-19-18(9-15)22(28-27-19)20-10-21(24-14-23-20)30-8-5-17(13-30)31-7-2-6-25-31/h2-4,6-7,9-12,14,17H,5,8,13H2,1H3,(H,27,28). The van der Waals surface area contributed by atoms with Crippen molar-refractivity contribution in [1.29, 1.82) is 0 Å². The lowest BCUT2D eigenvalue weighted by Crippen LogP contribution is -2.22. The van der Waals surface area contributed by atoms with E-state index in [4.69, 9.17) is 0 Å². The molecule has 1 N–H and O–H groups in total. The molecule has 154 valence electrons. The van der Waals surface area contributed by atoms with Gasteiger partial charge in [0.15, 0.2) is 0 Å². The molecule has 0 bridgehead atoms. The van der Waals surface area contributed by atoms with Gasteiger partial charge in [-0.05, 0) is 30.2 Å². The molecule has 1 aliphatic heterocycles. The molecule has 9 heteroatoms. The predicted octanol–water partition coefficient (Wildman–Crippen LogP) is 3.07. The molecule has 0 radical (unpaired) electrons. The maximum atomic E-state index is 4.56. The average Bonchev–Trinajstić information content (AvgIpc) is 3.60. The number of hydrogen-bond donors (Lipinski definition) is 1. The molecule has 0 saturated carbocycles. The lowest BCUT2D eigenvalue weighted by atomic mass is 10.1. The summed E-state index contributed by atoms with van der Waals surface area (Å²) in [5, 5.41) is 17.4. The number of rotatable bonds is 4. The summed E-state index contributed by atoms with van der Waals surface area (Å²) in [4.78, 5) is 11.3. The van der Waals surface area contributed by atoms with E-state index in [1.54, 1.807) is 11.0 Å². The van der Waals surface area contributed by atoms with Crippen molar-refractivity contribution in [3.8, 4) is 22.5 Å².